The minimum atomic E-state index is -4.09. The lowest BCUT2D eigenvalue weighted by atomic mass is 9.84. The monoisotopic (exact) mass is 826 g/mol. The van der Waals surface area contributed by atoms with E-state index in [9.17, 15) is 42.0 Å². The third-order valence-corrected chi connectivity index (χ3v) is 11.2. The maximum Gasteiger partial charge on any atom is 0.290 e. The topological polar surface area (TPSA) is 252 Å². The van der Waals surface area contributed by atoms with E-state index in [1.165, 1.54) is 18.6 Å². The number of rotatable bonds is 22. The summed E-state index contributed by atoms with van der Waals surface area (Å²) in [5.41, 5.74) is 0.464. The van der Waals surface area contributed by atoms with Gasteiger partial charge in [0.2, 0.25) is 33.5 Å². The maximum atomic E-state index is 14.0. The second kappa shape index (κ2) is 23.2. The third-order valence-electron chi connectivity index (χ3n) is 9.99. The lowest BCUT2D eigenvalue weighted by Crippen LogP contribution is -2.60. The van der Waals surface area contributed by atoms with Crippen LogP contribution in [0.15, 0.2) is 48.9 Å². The number of amides is 6. The summed E-state index contributed by atoms with van der Waals surface area (Å²) in [6.07, 6.45) is 9.64. The Morgan fingerprint density at radius 1 is 0.776 bits per heavy atom. The molecule has 1 aromatic heterocycles. The average Bonchev–Trinajstić information content (AvgIpc) is 3.20. The Morgan fingerprint density at radius 2 is 1.43 bits per heavy atom. The minimum Gasteiger partial charge on any atom is -0.344 e. The third kappa shape index (κ3) is 15.6. The number of benzene rings is 1. The molecule has 318 valence electrons. The van der Waals surface area contributed by atoms with E-state index in [0.29, 0.717) is 12.0 Å². The van der Waals surface area contributed by atoms with Crippen LogP contribution in [0.3, 0.4) is 0 Å². The van der Waals surface area contributed by atoms with E-state index in [-0.39, 0.29) is 36.8 Å². The highest BCUT2D eigenvalue weighted by atomic mass is 32.2. The molecule has 18 heteroatoms. The molecule has 0 spiro atoms. The van der Waals surface area contributed by atoms with Crippen LogP contribution in [-0.4, -0.2) is 90.3 Å². The highest BCUT2D eigenvalue weighted by Gasteiger charge is 2.35. The minimum absolute atomic E-state index is 0.00752. The number of carbonyl (C=O) groups is 7. The normalized spacial score (nSPS) is 15.8. The van der Waals surface area contributed by atoms with Crippen molar-refractivity contribution in [2.75, 3.05) is 6.54 Å². The molecule has 1 aromatic carbocycles. The van der Waals surface area contributed by atoms with Gasteiger partial charge in [-0.05, 0) is 42.6 Å². The van der Waals surface area contributed by atoms with E-state index >= 15 is 0 Å². The van der Waals surface area contributed by atoms with E-state index in [1.807, 2.05) is 25.5 Å². The first-order chi connectivity index (χ1) is 27.5. The van der Waals surface area contributed by atoms with Crippen LogP contribution < -0.4 is 31.3 Å². The van der Waals surface area contributed by atoms with Crippen LogP contribution in [0, 0.1) is 17.8 Å². The van der Waals surface area contributed by atoms with Crippen molar-refractivity contribution in [3.8, 4) is 0 Å². The molecule has 1 aliphatic rings. The summed E-state index contributed by atoms with van der Waals surface area (Å²) < 4.78 is 26.7. The van der Waals surface area contributed by atoms with E-state index < -0.39 is 93.6 Å². The van der Waals surface area contributed by atoms with Crippen molar-refractivity contribution in [1.29, 1.82) is 0 Å². The number of Topliss-reactive ketones (excluding diaryl/α,β-unsaturated/α-hetero) is 1. The smallest absolute Gasteiger partial charge is 0.290 e. The maximum absolute atomic E-state index is 14.0. The van der Waals surface area contributed by atoms with Gasteiger partial charge in [0.1, 0.15) is 23.8 Å². The molecular weight excluding hydrogens is 769 g/mol. The molecule has 17 nitrogen and oxygen atoms in total. The molecular formula is C40H58N8O9S. The number of ketones is 1. The Kier molecular flexibility index (Phi) is 18.9. The molecule has 0 radical (unpaired) electrons. The molecule has 1 aliphatic carbocycles. The summed E-state index contributed by atoms with van der Waals surface area (Å²) in [5.74, 6) is -6.66. The number of nitrogens with one attached hydrogen (secondary N) is 6. The van der Waals surface area contributed by atoms with Gasteiger partial charge in [-0.15, -0.1) is 0 Å². The molecule has 5 atom stereocenters. The van der Waals surface area contributed by atoms with Crippen molar-refractivity contribution < 1.29 is 42.0 Å². The fraction of sp³-hybridized carbons (Fsp3) is 0.575. The van der Waals surface area contributed by atoms with Gasteiger partial charge in [-0.2, -0.15) is 0 Å². The molecule has 2 aromatic rings. The zero-order valence-corrected chi connectivity index (χ0v) is 34.7. The van der Waals surface area contributed by atoms with Crippen LogP contribution in [0.1, 0.15) is 108 Å². The lowest BCUT2D eigenvalue weighted by Gasteiger charge is -2.31. The van der Waals surface area contributed by atoms with Gasteiger partial charge in [-0.1, -0.05) is 103 Å². The molecule has 6 amide bonds. The van der Waals surface area contributed by atoms with Crippen LogP contribution in [0.2, 0.25) is 0 Å². The summed E-state index contributed by atoms with van der Waals surface area (Å²) in [5, 5.41) is 13.0. The number of hydrogen-bond acceptors (Lipinski definition) is 11. The van der Waals surface area contributed by atoms with Crippen LogP contribution in [-0.2, 0) is 44.5 Å². The average molecular weight is 827 g/mol. The summed E-state index contributed by atoms with van der Waals surface area (Å²) in [6.45, 7) is 8.16. The SMILES string of the molecule is CC[C@H](NC(=O)[C@H](CC1CCCCC1)NC(=O)[C@@H](NC(=O)[C@H](CC(C)C)NC(=O)c1cnccn1)[C@@H](C)CC)C(=O)C(=O)NCC(=O)NS(=O)(=O)Cc1ccccc1. The van der Waals surface area contributed by atoms with Gasteiger partial charge in [0.05, 0.1) is 24.5 Å². The quantitative estimate of drug-likeness (QED) is 0.0935. The van der Waals surface area contributed by atoms with Crippen molar-refractivity contribution in [2.24, 2.45) is 17.8 Å². The molecule has 58 heavy (non-hydrogen) atoms. The highest BCUT2D eigenvalue weighted by Crippen LogP contribution is 2.27. The van der Waals surface area contributed by atoms with Crippen LogP contribution in [0.5, 0.6) is 0 Å². The van der Waals surface area contributed by atoms with Crippen LogP contribution >= 0.6 is 0 Å². The standard InChI is InChI=1S/C40H58N8O9S/c1-6-26(5)34(47-37(52)30(20-25(3)4)45-38(53)32-22-41-18-19-42-32)39(54)46-31(21-27-14-10-8-11-15-27)36(51)44-29(7-2)35(50)40(55)43-23-33(49)48-58(56,57)24-28-16-12-9-13-17-28/h9,12-13,16-19,22,25-27,29-31,34H,6-8,10-11,14-15,20-21,23-24H2,1-5H3,(H,43,55)(H,44,51)(H,45,53)(H,46,54)(H,47,52)(H,48,49)/t26-,29-,30-,31-,34-/m0/s1. The second-order valence-electron chi connectivity index (χ2n) is 15.2. The summed E-state index contributed by atoms with van der Waals surface area (Å²) in [4.78, 5) is 101. The first-order valence-electron chi connectivity index (χ1n) is 19.9. The number of aromatic nitrogens is 2. The van der Waals surface area contributed by atoms with Gasteiger partial charge in [0.25, 0.3) is 17.7 Å². The van der Waals surface area contributed by atoms with Gasteiger partial charge in [-0.3, -0.25) is 43.3 Å². The largest absolute Gasteiger partial charge is 0.344 e. The lowest BCUT2D eigenvalue weighted by molar-refractivity contribution is -0.141. The Bertz CT molecular complexity index is 1820. The molecule has 1 saturated carbocycles. The Balaban J connectivity index is 1.71. The van der Waals surface area contributed by atoms with Crippen LogP contribution in [0.4, 0.5) is 0 Å². The van der Waals surface area contributed by atoms with E-state index in [2.05, 4.69) is 36.6 Å². The molecule has 0 saturated heterocycles. The second-order valence-corrected chi connectivity index (χ2v) is 16.9. The van der Waals surface area contributed by atoms with Crippen molar-refractivity contribution in [2.45, 2.75) is 122 Å². The highest BCUT2D eigenvalue weighted by molar-refractivity contribution is 7.89. The molecule has 0 aliphatic heterocycles. The van der Waals surface area contributed by atoms with Gasteiger partial charge in [-0.25, -0.2) is 13.4 Å². The zero-order chi connectivity index (χ0) is 42.8. The Morgan fingerprint density at radius 3 is 2.03 bits per heavy atom. The van der Waals surface area contributed by atoms with Gasteiger partial charge < -0.3 is 26.6 Å². The summed E-state index contributed by atoms with van der Waals surface area (Å²) >= 11 is 0. The van der Waals surface area contributed by atoms with Crippen molar-refractivity contribution >= 4 is 51.2 Å². The fourth-order valence-corrected chi connectivity index (χ4v) is 7.75. The Hall–Kier alpha value is -5.26. The van der Waals surface area contributed by atoms with Gasteiger partial charge in [0.15, 0.2) is 0 Å². The van der Waals surface area contributed by atoms with Gasteiger partial charge >= 0.3 is 0 Å². The van der Waals surface area contributed by atoms with E-state index in [0.717, 1.165) is 32.1 Å². The molecule has 3 rings (SSSR count). The van der Waals surface area contributed by atoms with E-state index in [1.54, 1.807) is 44.2 Å². The fourth-order valence-electron chi connectivity index (χ4n) is 6.63. The number of hydrogen-bond donors (Lipinski definition) is 6. The predicted molar refractivity (Wildman–Crippen MR) is 215 cm³/mol. The molecule has 1 fully saturated rings. The first kappa shape index (κ1) is 47.1. The number of sulfonamides is 1. The van der Waals surface area contributed by atoms with Crippen molar-refractivity contribution in [3.63, 3.8) is 0 Å². The van der Waals surface area contributed by atoms with Crippen molar-refractivity contribution in [1.82, 2.24) is 41.3 Å². The Labute approximate surface area is 340 Å². The van der Waals surface area contributed by atoms with Crippen molar-refractivity contribution in [3.05, 3.63) is 60.2 Å². The number of nitrogens with zero attached hydrogens (tertiary/aromatic N) is 2. The number of carbonyl (C=O) groups excluding carboxylic acids is 7. The molecule has 6 N–H and O–H groups in total. The van der Waals surface area contributed by atoms with Gasteiger partial charge in [0, 0.05) is 12.4 Å². The first-order valence-corrected chi connectivity index (χ1v) is 21.6. The van der Waals surface area contributed by atoms with E-state index in [4.69, 9.17) is 0 Å². The molecule has 1 heterocycles. The predicted octanol–water partition coefficient (Wildman–Crippen LogP) is 1.83. The zero-order valence-electron chi connectivity index (χ0n) is 33.9. The summed E-state index contributed by atoms with van der Waals surface area (Å²) in [7, 11) is -4.09. The molecule has 0 bridgehead atoms. The van der Waals surface area contributed by atoms with Crippen LogP contribution in [0.25, 0.3) is 0 Å². The molecule has 0 unspecified atom stereocenters. The summed E-state index contributed by atoms with van der Waals surface area (Å²) in [6, 6.07) is 3.59.